The van der Waals surface area contributed by atoms with Gasteiger partial charge in [0.2, 0.25) is 5.96 Å². The van der Waals surface area contributed by atoms with Gasteiger partial charge in [0.1, 0.15) is 11.2 Å². The average molecular weight is 644 g/mol. The smallest absolute Gasteiger partial charge is 0.437 e. The third-order valence-corrected chi connectivity index (χ3v) is 7.00. The number of amides is 3. The number of aliphatic imine (C=N–C) groups is 1. The van der Waals surface area contributed by atoms with E-state index >= 15 is 0 Å². The Hall–Kier alpha value is -4.81. The van der Waals surface area contributed by atoms with Crippen LogP contribution in [0, 0.1) is 6.92 Å². The van der Waals surface area contributed by atoms with E-state index in [4.69, 9.17) is 20.3 Å². The summed E-state index contributed by atoms with van der Waals surface area (Å²) in [6, 6.07) is 15.1. The summed E-state index contributed by atoms with van der Waals surface area (Å²) in [6.45, 7) is 14.3. The van der Waals surface area contributed by atoms with Gasteiger partial charge in [-0.2, -0.15) is 5.10 Å². The van der Waals surface area contributed by atoms with Crippen molar-refractivity contribution in [2.24, 2.45) is 10.7 Å². The number of nitrogens with two attached hydrogens (primary N) is 1. The third-order valence-electron chi connectivity index (χ3n) is 7.00. The van der Waals surface area contributed by atoms with Gasteiger partial charge in [-0.05, 0) is 133 Å². The van der Waals surface area contributed by atoms with E-state index in [1.807, 2.05) is 37.3 Å². The summed E-state index contributed by atoms with van der Waals surface area (Å²) in [5, 5.41) is 13.6. The largest absolute Gasteiger partial charge is 0.444 e. The van der Waals surface area contributed by atoms with E-state index in [2.05, 4.69) is 20.9 Å². The van der Waals surface area contributed by atoms with Gasteiger partial charge in [-0.25, -0.2) is 14.3 Å². The van der Waals surface area contributed by atoms with Gasteiger partial charge in [-0.1, -0.05) is 18.2 Å². The number of nitrogens with zero attached hydrogens (tertiary/aromatic N) is 3. The molecule has 12 heteroatoms. The molecule has 3 amide bonds. The Labute approximate surface area is 275 Å². The van der Waals surface area contributed by atoms with Crippen molar-refractivity contribution in [2.45, 2.75) is 72.5 Å². The number of nitrogens with one attached hydrogen (secondary N) is 3. The van der Waals surface area contributed by atoms with Gasteiger partial charge in [0.15, 0.2) is 0 Å². The summed E-state index contributed by atoms with van der Waals surface area (Å²) in [4.78, 5) is 42.2. The lowest BCUT2D eigenvalue weighted by Gasteiger charge is -2.22. The molecule has 1 aliphatic rings. The van der Waals surface area contributed by atoms with Crippen LogP contribution >= 0.6 is 0 Å². The second-order valence-corrected chi connectivity index (χ2v) is 13.3. The molecule has 0 aliphatic carbocycles. The van der Waals surface area contributed by atoms with Crippen LogP contribution in [0.5, 0.6) is 0 Å². The molecular formula is C35H45N7O5. The summed E-state index contributed by atoms with van der Waals surface area (Å²) in [5.41, 5.74) is 11.2. The number of hydrogen-bond acceptors (Lipinski definition) is 8. The van der Waals surface area contributed by atoms with Crippen LogP contribution in [0.2, 0.25) is 0 Å². The minimum Gasteiger partial charge on any atom is -0.444 e. The summed E-state index contributed by atoms with van der Waals surface area (Å²) in [6.07, 6.45) is 1.45. The van der Waals surface area contributed by atoms with Crippen LogP contribution in [-0.4, -0.2) is 64.7 Å². The first-order chi connectivity index (χ1) is 22.1. The Balaban J connectivity index is 1.61. The second kappa shape index (κ2) is 14.7. The summed E-state index contributed by atoms with van der Waals surface area (Å²) < 4.78 is 12.0. The summed E-state index contributed by atoms with van der Waals surface area (Å²) in [5.74, 6) is -0.344. The zero-order valence-corrected chi connectivity index (χ0v) is 28.2. The molecule has 3 aromatic rings. The highest BCUT2D eigenvalue weighted by molar-refractivity contribution is 6.04. The fraction of sp³-hybridized carbons (Fsp3) is 0.400. The number of benzene rings is 2. The van der Waals surface area contributed by atoms with Crippen LogP contribution < -0.4 is 21.7 Å². The van der Waals surface area contributed by atoms with Crippen LogP contribution in [0.25, 0.3) is 11.1 Å². The molecule has 0 fully saturated rings. The van der Waals surface area contributed by atoms with E-state index in [-0.39, 0.29) is 11.9 Å². The summed E-state index contributed by atoms with van der Waals surface area (Å²) in [7, 11) is 0. The third kappa shape index (κ3) is 10.1. The molecule has 0 radical (unpaired) electrons. The van der Waals surface area contributed by atoms with E-state index in [9.17, 15) is 14.4 Å². The minimum absolute atomic E-state index is 0.157. The van der Waals surface area contributed by atoms with Gasteiger partial charge < -0.3 is 25.8 Å². The Morgan fingerprint density at radius 1 is 0.979 bits per heavy atom. The van der Waals surface area contributed by atoms with Crippen molar-refractivity contribution >= 4 is 40.9 Å². The number of carbonyl (C=O) groups is 3. The van der Waals surface area contributed by atoms with Crippen molar-refractivity contribution in [1.29, 1.82) is 0 Å². The maximum absolute atomic E-state index is 12.9. The van der Waals surface area contributed by atoms with Crippen molar-refractivity contribution in [3.05, 3.63) is 82.7 Å². The molecule has 0 saturated carbocycles. The maximum atomic E-state index is 12.9. The molecular weight excluding hydrogens is 598 g/mol. The first-order valence-corrected chi connectivity index (χ1v) is 15.6. The highest BCUT2D eigenvalue weighted by Gasteiger charge is 2.24. The number of anilines is 1. The average Bonchev–Trinajstić information content (AvgIpc) is 3.46. The van der Waals surface area contributed by atoms with Gasteiger partial charge >= 0.3 is 12.2 Å². The highest BCUT2D eigenvalue weighted by atomic mass is 16.6. The Morgan fingerprint density at radius 2 is 1.68 bits per heavy atom. The van der Waals surface area contributed by atoms with Gasteiger partial charge in [-0.3, -0.25) is 10.1 Å². The van der Waals surface area contributed by atoms with Crippen molar-refractivity contribution in [3.8, 4) is 0 Å². The molecule has 0 unspecified atom stereocenters. The maximum Gasteiger partial charge on any atom is 0.437 e. The van der Waals surface area contributed by atoms with E-state index in [1.54, 1.807) is 65.9 Å². The first kappa shape index (κ1) is 35.1. The molecule has 0 saturated heterocycles. The molecule has 0 bridgehead atoms. The number of rotatable bonds is 6. The van der Waals surface area contributed by atoms with Crippen LogP contribution in [-0.2, 0) is 15.9 Å². The number of carbonyl (C=O) groups excluding carboxylic acids is 3. The van der Waals surface area contributed by atoms with E-state index < -0.39 is 23.4 Å². The van der Waals surface area contributed by atoms with Gasteiger partial charge in [0.25, 0.3) is 5.91 Å². The molecule has 0 atom stereocenters. The van der Waals surface area contributed by atoms with Crippen LogP contribution in [0.15, 0.2) is 59.7 Å². The zero-order valence-electron chi connectivity index (χ0n) is 28.2. The molecule has 1 aromatic heterocycles. The van der Waals surface area contributed by atoms with Gasteiger partial charge in [0.05, 0.1) is 5.69 Å². The summed E-state index contributed by atoms with van der Waals surface area (Å²) >= 11 is 0. The molecule has 250 valence electrons. The van der Waals surface area contributed by atoms with Crippen LogP contribution in [0.4, 0.5) is 15.3 Å². The molecule has 2 heterocycles. The predicted octanol–water partition coefficient (Wildman–Crippen LogP) is 5.51. The van der Waals surface area contributed by atoms with Crippen molar-refractivity contribution in [3.63, 3.8) is 0 Å². The van der Waals surface area contributed by atoms with Crippen molar-refractivity contribution < 1.29 is 23.9 Å². The lowest BCUT2D eigenvalue weighted by atomic mass is 9.90. The fourth-order valence-electron chi connectivity index (χ4n) is 5.00. The number of aryl methyl sites for hydroxylation is 1. The molecule has 5 N–H and O–H groups in total. The van der Waals surface area contributed by atoms with E-state index in [0.29, 0.717) is 30.0 Å². The molecule has 1 aliphatic heterocycles. The molecule has 4 rings (SSSR count). The quantitative estimate of drug-likeness (QED) is 0.202. The Morgan fingerprint density at radius 3 is 2.32 bits per heavy atom. The van der Waals surface area contributed by atoms with Crippen molar-refractivity contribution in [2.75, 3.05) is 25.0 Å². The fourth-order valence-corrected chi connectivity index (χ4v) is 5.00. The Kier molecular flexibility index (Phi) is 11.0. The van der Waals surface area contributed by atoms with E-state index in [0.717, 1.165) is 47.2 Å². The van der Waals surface area contributed by atoms with Gasteiger partial charge in [0, 0.05) is 24.0 Å². The van der Waals surface area contributed by atoms with Gasteiger partial charge in [-0.15, -0.1) is 4.99 Å². The zero-order chi connectivity index (χ0) is 34.4. The predicted molar refractivity (Wildman–Crippen MR) is 183 cm³/mol. The van der Waals surface area contributed by atoms with Crippen LogP contribution in [0.3, 0.4) is 0 Å². The van der Waals surface area contributed by atoms with Crippen molar-refractivity contribution in [1.82, 2.24) is 20.4 Å². The number of hydrogen-bond donors (Lipinski definition) is 4. The SMILES string of the molecule is Cc1cc(NC(=O)c2ccc(CCN)cc2)ccc1C1=C(c2ccn(/C(=N\C(=O)OC(C)(C)C)NC(=O)OC(C)(C)C)n2)CNCC1. The number of ether oxygens (including phenoxy) is 2. The minimum atomic E-state index is -0.883. The normalized spacial score (nSPS) is 14.1. The first-order valence-electron chi connectivity index (χ1n) is 15.6. The lowest BCUT2D eigenvalue weighted by molar-refractivity contribution is 0.0560. The molecule has 2 aromatic carbocycles. The second-order valence-electron chi connectivity index (χ2n) is 13.3. The van der Waals surface area contributed by atoms with Crippen LogP contribution in [0.1, 0.15) is 80.7 Å². The molecule has 12 nitrogen and oxygen atoms in total. The highest BCUT2D eigenvalue weighted by Crippen LogP contribution is 2.33. The monoisotopic (exact) mass is 643 g/mol. The molecule has 47 heavy (non-hydrogen) atoms. The van der Waals surface area contributed by atoms with E-state index in [1.165, 1.54) is 4.68 Å². The number of aromatic nitrogens is 2. The number of alkyl carbamates (subject to hydrolysis) is 1. The Bertz CT molecular complexity index is 1680. The lowest BCUT2D eigenvalue weighted by Crippen LogP contribution is -2.40. The molecule has 0 spiro atoms. The topological polar surface area (TPSA) is 162 Å². The standard InChI is InChI=1S/C35H45N7O5/c1-22-20-25(38-30(43)24-10-8-23(9-11-24)14-17-36)12-13-26(22)27-15-18-37-21-28(27)29-16-19-42(41-29)31(39-32(44)46-34(2,3)4)40-33(45)47-35(5,6)7/h8-13,16,19-20,37H,14-15,17-18,21,36H2,1-7H3,(H,38,43)(H,39,40,44,45).